The summed E-state index contributed by atoms with van der Waals surface area (Å²) in [5.74, 6) is -0.174. The fourth-order valence-electron chi connectivity index (χ4n) is 3.09. The van der Waals surface area contributed by atoms with Crippen molar-refractivity contribution in [1.29, 1.82) is 0 Å². The molecule has 0 saturated carbocycles. The van der Waals surface area contributed by atoms with Crippen molar-refractivity contribution in [2.75, 3.05) is 13.1 Å². The Morgan fingerprint density at radius 3 is 3.00 bits per heavy atom. The fourth-order valence-corrected chi connectivity index (χ4v) is 3.09. The highest BCUT2D eigenvalue weighted by molar-refractivity contribution is 5.40. The molecule has 1 aromatic carbocycles. The molecule has 86 valence electrons. The van der Waals surface area contributed by atoms with E-state index in [0.717, 1.165) is 37.1 Å². The molecule has 2 nitrogen and oxygen atoms in total. The molecule has 16 heavy (non-hydrogen) atoms. The molecular weight excluding hydrogens is 205 g/mol. The number of phenols is 1. The van der Waals surface area contributed by atoms with Crippen molar-refractivity contribution in [1.82, 2.24) is 4.90 Å². The number of hydrogen-bond donors (Lipinski definition) is 1. The van der Waals surface area contributed by atoms with Gasteiger partial charge < -0.3 is 5.11 Å². The molecule has 2 aliphatic heterocycles. The Kier molecular flexibility index (Phi) is 2.36. The average molecular weight is 221 g/mol. The van der Waals surface area contributed by atoms with Gasteiger partial charge in [0.15, 0.2) is 0 Å². The molecule has 0 radical (unpaired) electrons. The first kappa shape index (κ1) is 10.1. The first-order chi connectivity index (χ1) is 7.75. The third kappa shape index (κ3) is 1.50. The van der Waals surface area contributed by atoms with E-state index in [9.17, 15) is 9.50 Å². The lowest BCUT2D eigenvalue weighted by molar-refractivity contribution is 0.135. The number of halogens is 1. The van der Waals surface area contributed by atoms with E-state index >= 15 is 0 Å². The lowest BCUT2D eigenvalue weighted by atomic mass is 9.86. The summed E-state index contributed by atoms with van der Waals surface area (Å²) in [6, 6.07) is 3.22. The van der Waals surface area contributed by atoms with Crippen molar-refractivity contribution < 1.29 is 9.50 Å². The molecule has 1 N–H and O–H groups in total. The van der Waals surface area contributed by atoms with Crippen LogP contribution in [0.5, 0.6) is 5.75 Å². The van der Waals surface area contributed by atoms with Crippen molar-refractivity contribution in [2.24, 2.45) is 0 Å². The monoisotopic (exact) mass is 221 g/mol. The van der Waals surface area contributed by atoms with Crippen molar-refractivity contribution >= 4 is 0 Å². The van der Waals surface area contributed by atoms with E-state index in [4.69, 9.17) is 0 Å². The van der Waals surface area contributed by atoms with Crippen molar-refractivity contribution in [3.8, 4) is 5.75 Å². The maximum Gasteiger partial charge on any atom is 0.131 e. The Balaban J connectivity index is 2.07. The zero-order valence-corrected chi connectivity index (χ0v) is 9.25. The lowest BCUT2D eigenvalue weighted by Gasteiger charge is -2.40. The third-order valence-electron chi connectivity index (χ3n) is 3.82. The molecule has 1 saturated heterocycles. The standard InChI is InChI=1S/C13H16FNO/c14-11-8-10(16)7-9-4-6-15-5-2-1-3-12(15)13(9)11/h7-8,12,16H,1-6H2. The molecule has 3 heteroatoms. The van der Waals surface area contributed by atoms with Gasteiger partial charge in [0.05, 0.1) is 0 Å². The first-order valence-corrected chi connectivity index (χ1v) is 6.01. The average Bonchev–Trinajstić information content (AvgIpc) is 2.28. The second kappa shape index (κ2) is 3.74. The van der Waals surface area contributed by atoms with Gasteiger partial charge in [-0.1, -0.05) is 6.42 Å². The Hall–Kier alpha value is -1.09. The van der Waals surface area contributed by atoms with E-state index in [2.05, 4.69) is 4.90 Å². The second-order valence-corrected chi connectivity index (χ2v) is 4.80. The van der Waals surface area contributed by atoms with Gasteiger partial charge in [-0.2, -0.15) is 0 Å². The van der Waals surface area contributed by atoms with Crippen LogP contribution in [0.1, 0.15) is 36.4 Å². The van der Waals surface area contributed by atoms with E-state index in [0.29, 0.717) is 0 Å². The van der Waals surface area contributed by atoms with Crippen LogP contribution in [0.2, 0.25) is 0 Å². The fraction of sp³-hybridized carbons (Fsp3) is 0.538. The van der Waals surface area contributed by atoms with Gasteiger partial charge >= 0.3 is 0 Å². The quantitative estimate of drug-likeness (QED) is 0.728. The number of fused-ring (bicyclic) bond motifs is 3. The van der Waals surface area contributed by atoms with E-state index in [1.54, 1.807) is 6.07 Å². The summed E-state index contributed by atoms with van der Waals surface area (Å²) in [6.45, 7) is 2.09. The van der Waals surface area contributed by atoms with E-state index in [1.165, 1.54) is 18.9 Å². The molecule has 3 rings (SSSR count). The minimum Gasteiger partial charge on any atom is -0.508 e. The summed E-state index contributed by atoms with van der Waals surface area (Å²) in [7, 11) is 0. The van der Waals surface area contributed by atoms with Gasteiger partial charge in [-0.05, 0) is 37.4 Å². The molecule has 1 aromatic rings. The molecule has 0 spiro atoms. The molecule has 1 fully saturated rings. The third-order valence-corrected chi connectivity index (χ3v) is 3.82. The lowest BCUT2D eigenvalue weighted by Crippen LogP contribution is -2.39. The maximum atomic E-state index is 13.9. The number of benzene rings is 1. The number of hydrogen-bond acceptors (Lipinski definition) is 2. The predicted molar refractivity (Wildman–Crippen MR) is 59.9 cm³/mol. The van der Waals surface area contributed by atoms with Crippen LogP contribution < -0.4 is 0 Å². The van der Waals surface area contributed by atoms with Gasteiger partial charge in [0.2, 0.25) is 0 Å². The summed E-state index contributed by atoms with van der Waals surface area (Å²) in [5, 5.41) is 9.41. The number of phenolic OH excluding ortho intramolecular Hbond substituents is 1. The van der Waals surface area contributed by atoms with Crippen LogP contribution in [0.15, 0.2) is 12.1 Å². The van der Waals surface area contributed by atoms with Gasteiger partial charge in [0.25, 0.3) is 0 Å². The molecule has 2 heterocycles. The van der Waals surface area contributed by atoms with Crippen LogP contribution >= 0.6 is 0 Å². The zero-order chi connectivity index (χ0) is 11.1. The Bertz CT molecular complexity index is 419. The van der Waals surface area contributed by atoms with Gasteiger partial charge in [-0.15, -0.1) is 0 Å². The number of aromatic hydroxyl groups is 1. The van der Waals surface area contributed by atoms with Gasteiger partial charge in [0, 0.05) is 24.2 Å². The topological polar surface area (TPSA) is 23.5 Å². The summed E-state index contributed by atoms with van der Waals surface area (Å²) in [5.41, 5.74) is 1.84. The van der Waals surface area contributed by atoms with Crippen molar-refractivity contribution in [2.45, 2.75) is 31.7 Å². The SMILES string of the molecule is Oc1cc(F)c2c(c1)CCN1CCCCC21. The van der Waals surface area contributed by atoms with Gasteiger partial charge in [-0.3, -0.25) is 4.90 Å². The summed E-state index contributed by atoms with van der Waals surface area (Å²) in [6.07, 6.45) is 4.32. The van der Waals surface area contributed by atoms with E-state index in [-0.39, 0.29) is 17.6 Å². The minimum absolute atomic E-state index is 0.0560. The highest BCUT2D eigenvalue weighted by Crippen LogP contribution is 2.39. The highest BCUT2D eigenvalue weighted by atomic mass is 19.1. The smallest absolute Gasteiger partial charge is 0.131 e. The van der Waals surface area contributed by atoms with Gasteiger partial charge in [-0.25, -0.2) is 4.39 Å². The van der Waals surface area contributed by atoms with Crippen LogP contribution in [0.25, 0.3) is 0 Å². The minimum atomic E-state index is -0.230. The number of piperidine rings is 1. The summed E-state index contributed by atoms with van der Waals surface area (Å²) in [4.78, 5) is 2.38. The Morgan fingerprint density at radius 2 is 2.12 bits per heavy atom. The van der Waals surface area contributed by atoms with Crippen LogP contribution in [-0.2, 0) is 6.42 Å². The normalized spacial score (nSPS) is 24.9. The highest BCUT2D eigenvalue weighted by Gasteiger charge is 2.31. The largest absolute Gasteiger partial charge is 0.508 e. The molecule has 2 aliphatic rings. The van der Waals surface area contributed by atoms with Crippen LogP contribution in [0.4, 0.5) is 4.39 Å². The van der Waals surface area contributed by atoms with Crippen molar-refractivity contribution in [3.05, 3.63) is 29.1 Å². The maximum absolute atomic E-state index is 13.9. The molecule has 0 bridgehead atoms. The molecular formula is C13H16FNO. The molecule has 0 aromatic heterocycles. The van der Waals surface area contributed by atoms with Gasteiger partial charge in [0.1, 0.15) is 11.6 Å². The Morgan fingerprint density at radius 1 is 1.25 bits per heavy atom. The summed E-state index contributed by atoms with van der Waals surface area (Å²) >= 11 is 0. The number of nitrogens with zero attached hydrogens (tertiary/aromatic N) is 1. The second-order valence-electron chi connectivity index (χ2n) is 4.80. The first-order valence-electron chi connectivity index (χ1n) is 6.01. The zero-order valence-electron chi connectivity index (χ0n) is 9.25. The number of rotatable bonds is 0. The van der Waals surface area contributed by atoms with E-state index < -0.39 is 0 Å². The van der Waals surface area contributed by atoms with Crippen LogP contribution in [0, 0.1) is 5.82 Å². The van der Waals surface area contributed by atoms with E-state index in [1.807, 2.05) is 0 Å². The molecule has 0 aliphatic carbocycles. The molecule has 1 atom stereocenters. The Labute approximate surface area is 94.7 Å². The van der Waals surface area contributed by atoms with Crippen LogP contribution in [-0.4, -0.2) is 23.1 Å². The van der Waals surface area contributed by atoms with Crippen molar-refractivity contribution in [3.63, 3.8) is 0 Å². The predicted octanol–water partition coefficient (Wildman–Crippen LogP) is 2.61. The molecule has 1 unspecified atom stereocenters. The van der Waals surface area contributed by atoms with Crippen LogP contribution in [0.3, 0.4) is 0 Å². The molecule has 0 amide bonds. The summed E-state index contributed by atoms with van der Waals surface area (Å²) < 4.78 is 13.9.